The zero-order chi connectivity index (χ0) is 44.1. The molecule has 0 saturated carbocycles. The minimum atomic E-state index is -1.10. The fraction of sp³-hybridized carbons (Fsp3) is 0.105. The molecule has 0 aliphatic rings. The summed E-state index contributed by atoms with van der Waals surface area (Å²) < 4.78 is 68.9. The van der Waals surface area contributed by atoms with E-state index in [-0.39, 0.29) is 17.5 Å². The van der Waals surface area contributed by atoms with Crippen LogP contribution in [0.1, 0.15) is 32.1 Å². The SMILES string of the molecule is Cc1cc(-c2nn(C)c(=O)o2)n(-c2ccc(Br)cn2)n1.Cc1cc(-c2nn(C)c(=O)o2)n(-c2ccc(NC(=O)c3c(F)cccc3F)cn2)n1.NC(=O)c1c(F)cccc1F. The quantitative estimate of drug-likeness (QED) is 0.196. The lowest BCUT2D eigenvalue weighted by molar-refractivity contribution is 0.0989. The molecule has 0 saturated heterocycles. The molecule has 0 atom stereocenters. The Kier molecular flexibility index (Phi) is 12.6. The predicted molar refractivity (Wildman–Crippen MR) is 211 cm³/mol. The second-order valence-electron chi connectivity index (χ2n) is 12.5. The highest BCUT2D eigenvalue weighted by atomic mass is 79.9. The van der Waals surface area contributed by atoms with Crippen LogP contribution in [0, 0.1) is 37.1 Å². The predicted octanol–water partition coefficient (Wildman–Crippen LogP) is 5.22. The Morgan fingerprint density at radius 2 is 1.10 bits per heavy atom. The Labute approximate surface area is 348 Å². The number of benzene rings is 2. The van der Waals surface area contributed by atoms with Crippen LogP contribution in [-0.4, -0.2) is 60.9 Å². The Bertz CT molecular complexity index is 2970. The highest BCUT2D eigenvalue weighted by Crippen LogP contribution is 2.23. The van der Waals surface area contributed by atoms with E-state index in [4.69, 9.17) is 14.6 Å². The maximum absolute atomic E-state index is 13.8. The van der Waals surface area contributed by atoms with Gasteiger partial charge in [-0.15, -0.1) is 10.2 Å². The number of hydrogen-bond donors (Lipinski definition) is 2. The van der Waals surface area contributed by atoms with Crippen LogP contribution in [0.15, 0.2) is 108 Å². The third-order valence-electron chi connectivity index (χ3n) is 8.03. The first-order chi connectivity index (χ1) is 29.0. The number of nitrogens with one attached hydrogen (secondary N) is 1. The molecule has 8 aromatic rings. The summed E-state index contributed by atoms with van der Waals surface area (Å²) in [6.07, 6.45) is 2.98. The fourth-order valence-electron chi connectivity index (χ4n) is 5.27. The van der Waals surface area contributed by atoms with Gasteiger partial charge in [-0.2, -0.15) is 19.6 Å². The number of pyridine rings is 2. The van der Waals surface area contributed by atoms with E-state index < -0.39 is 57.7 Å². The summed E-state index contributed by atoms with van der Waals surface area (Å²) in [4.78, 5) is 54.0. The molecule has 2 amide bonds. The van der Waals surface area contributed by atoms with Gasteiger partial charge in [-0.1, -0.05) is 12.1 Å². The Morgan fingerprint density at radius 1 is 0.656 bits per heavy atom. The van der Waals surface area contributed by atoms with Crippen LogP contribution >= 0.6 is 15.9 Å². The van der Waals surface area contributed by atoms with Crippen molar-refractivity contribution in [3.8, 4) is 34.8 Å². The molecule has 0 aliphatic carbocycles. The molecular formula is C38H29BrF4N12O6. The van der Waals surface area contributed by atoms with Crippen molar-refractivity contribution in [2.24, 2.45) is 19.8 Å². The van der Waals surface area contributed by atoms with Crippen molar-refractivity contribution >= 4 is 33.4 Å². The molecule has 0 aliphatic heterocycles. The monoisotopic (exact) mass is 904 g/mol. The van der Waals surface area contributed by atoms with Gasteiger partial charge in [0.15, 0.2) is 11.6 Å². The highest BCUT2D eigenvalue weighted by Gasteiger charge is 2.20. The van der Waals surface area contributed by atoms with Crippen LogP contribution in [0.4, 0.5) is 23.2 Å². The molecule has 18 nitrogen and oxygen atoms in total. The first-order valence-corrected chi connectivity index (χ1v) is 18.1. The molecule has 2 aromatic carbocycles. The molecule has 0 spiro atoms. The molecule has 3 N–H and O–H groups in total. The largest absolute Gasteiger partial charge is 0.437 e. The second-order valence-corrected chi connectivity index (χ2v) is 13.4. The number of hydrogen-bond acceptors (Lipinski definition) is 12. The molecule has 0 radical (unpaired) electrons. The maximum Gasteiger partial charge on any atom is 0.437 e. The lowest BCUT2D eigenvalue weighted by Crippen LogP contribution is -2.16. The van der Waals surface area contributed by atoms with Crippen molar-refractivity contribution in [3.05, 3.63) is 157 Å². The molecule has 6 aromatic heterocycles. The van der Waals surface area contributed by atoms with Crippen LogP contribution in [0.2, 0.25) is 0 Å². The normalized spacial score (nSPS) is 10.7. The summed E-state index contributed by atoms with van der Waals surface area (Å²) in [5.41, 5.74) is 5.94. The minimum Gasteiger partial charge on any atom is -0.386 e. The standard InChI is InChI=1S/C19H14F2N6O3.C12H10BrN5O2.C7H5F2NO/c1-10-8-14(18-25-26(2)19(29)30-18)27(24-10)15-7-6-11(9-22-15)23-17(28)16-12(20)4-3-5-13(16)21;1-7-5-9(11-16-17(2)12(19)20-11)18(15-7)10-4-3-8(13)6-14-10;8-4-2-1-3-5(9)6(4)7(10)11/h3-9H,1-2H3,(H,23,28);3-6H,1-2H3;1-3H,(H2,10,11). The lowest BCUT2D eigenvalue weighted by Gasteiger charge is -2.08. The number of nitrogens with zero attached hydrogens (tertiary/aromatic N) is 10. The number of halogens is 5. The Hall–Kier alpha value is -7.82. The van der Waals surface area contributed by atoms with Gasteiger partial charge < -0.3 is 19.9 Å². The summed E-state index contributed by atoms with van der Waals surface area (Å²) in [6.45, 7) is 3.60. The molecule has 0 bridgehead atoms. The molecular weight excluding hydrogens is 876 g/mol. The van der Waals surface area contributed by atoms with E-state index >= 15 is 0 Å². The average Bonchev–Trinajstić information content (AvgIpc) is 3.97. The molecule has 61 heavy (non-hydrogen) atoms. The molecule has 0 fully saturated rings. The van der Waals surface area contributed by atoms with Crippen molar-refractivity contribution in [2.45, 2.75) is 13.8 Å². The van der Waals surface area contributed by atoms with E-state index in [0.29, 0.717) is 28.7 Å². The van der Waals surface area contributed by atoms with Crippen LogP contribution in [0.3, 0.4) is 0 Å². The van der Waals surface area contributed by atoms with Gasteiger partial charge in [-0.25, -0.2) is 46.5 Å². The number of amides is 2. The van der Waals surface area contributed by atoms with Gasteiger partial charge in [0, 0.05) is 24.8 Å². The third-order valence-corrected chi connectivity index (χ3v) is 8.50. The van der Waals surface area contributed by atoms with Crippen LogP contribution in [0.5, 0.6) is 0 Å². The summed E-state index contributed by atoms with van der Waals surface area (Å²) in [6, 6.07) is 16.4. The van der Waals surface area contributed by atoms with Gasteiger partial charge in [0.2, 0.25) is 0 Å². The second kappa shape index (κ2) is 18.0. The highest BCUT2D eigenvalue weighted by molar-refractivity contribution is 9.10. The zero-order valence-corrected chi connectivity index (χ0v) is 33.6. The summed E-state index contributed by atoms with van der Waals surface area (Å²) in [7, 11) is 2.98. The maximum atomic E-state index is 13.8. The number of primary amides is 1. The number of aromatic nitrogens is 10. The summed E-state index contributed by atoms with van der Waals surface area (Å²) >= 11 is 3.33. The van der Waals surface area contributed by atoms with Gasteiger partial charge in [0.1, 0.15) is 45.8 Å². The van der Waals surface area contributed by atoms with Crippen molar-refractivity contribution in [3.63, 3.8) is 0 Å². The van der Waals surface area contributed by atoms with Gasteiger partial charge in [0.05, 0.1) is 23.3 Å². The smallest absolute Gasteiger partial charge is 0.386 e. The van der Waals surface area contributed by atoms with Crippen molar-refractivity contribution in [1.82, 2.24) is 49.1 Å². The summed E-state index contributed by atoms with van der Waals surface area (Å²) in [5.74, 6) is -5.74. The van der Waals surface area contributed by atoms with Gasteiger partial charge >= 0.3 is 11.5 Å². The van der Waals surface area contributed by atoms with Gasteiger partial charge in [-0.3, -0.25) is 9.59 Å². The summed E-state index contributed by atoms with van der Waals surface area (Å²) in [5, 5.41) is 19.1. The van der Waals surface area contributed by atoms with Crippen LogP contribution < -0.4 is 22.6 Å². The van der Waals surface area contributed by atoms with Crippen LogP contribution in [0.25, 0.3) is 34.8 Å². The number of rotatable bonds is 7. The van der Waals surface area contributed by atoms with Gasteiger partial charge in [-0.05, 0) is 90.4 Å². The topological polar surface area (TPSA) is 230 Å². The van der Waals surface area contributed by atoms with Crippen LogP contribution in [-0.2, 0) is 14.1 Å². The van der Waals surface area contributed by atoms with E-state index in [0.717, 1.165) is 49.9 Å². The molecule has 6 heterocycles. The van der Waals surface area contributed by atoms with E-state index in [9.17, 15) is 36.7 Å². The van der Waals surface area contributed by atoms with Crippen molar-refractivity contribution < 1.29 is 36.0 Å². The molecule has 312 valence electrons. The number of nitrogens with two attached hydrogens (primary N) is 1. The minimum absolute atomic E-state index is 0.0670. The van der Waals surface area contributed by atoms with E-state index in [1.165, 1.54) is 43.2 Å². The number of carbonyl (C=O) groups is 2. The molecule has 23 heteroatoms. The Morgan fingerprint density at radius 3 is 1.46 bits per heavy atom. The fourth-order valence-corrected chi connectivity index (χ4v) is 5.51. The van der Waals surface area contributed by atoms with E-state index in [1.54, 1.807) is 36.0 Å². The molecule has 8 rings (SSSR count). The van der Waals surface area contributed by atoms with Gasteiger partial charge in [0.25, 0.3) is 23.6 Å². The van der Waals surface area contributed by atoms with E-state index in [2.05, 4.69) is 51.6 Å². The zero-order valence-electron chi connectivity index (χ0n) is 32.0. The number of anilines is 1. The number of aryl methyl sites for hydroxylation is 4. The van der Waals surface area contributed by atoms with Crippen molar-refractivity contribution in [1.29, 1.82) is 0 Å². The third kappa shape index (κ3) is 9.73. The van der Waals surface area contributed by atoms with Crippen molar-refractivity contribution in [2.75, 3.05) is 5.32 Å². The number of carbonyl (C=O) groups excluding carboxylic acids is 2. The lowest BCUT2D eigenvalue weighted by atomic mass is 10.2. The molecule has 0 unspecified atom stereocenters. The van der Waals surface area contributed by atoms with E-state index in [1.807, 2.05) is 13.0 Å². The Balaban J connectivity index is 0.000000172. The first kappa shape index (κ1) is 42.8. The average molecular weight is 906 g/mol. The first-order valence-electron chi connectivity index (χ1n) is 17.3.